The van der Waals surface area contributed by atoms with Gasteiger partial charge in [0.15, 0.2) is 5.76 Å². The van der Waals surface area contributed by atoms with Gasteiger partial charge < -0.3 is 14.4 Å². The molecule has 1 N–H and O–H groups in total. The summed E-state index contributed by atoms with van der Waals surface area (Å²) in [6.45, 7) is 0. The van der Waals surface area contributed by atoms with Crippen LogP contribution in [0.25, 0.3) is 0 Å². The molecule has 1 aliphatic heterocycles. The Morgan fingerprint density at radius 1 is 1.27 bits per heavy atom. The Balaban J connectivity index is 1.96. The molecule has 0 spiro atoms. The third-order valence-corrected chi connectivity index (χ3v) is 4.98. The van der Waals surface area contributed by atoms with Gasteiger partial charge in [-0.3, -0.25) is 4.79 Å². The van der Waals surface area contributed by atoms with Gasteiger partial charge in [-0.1, -0.05) is 23.7 Å². The zero-order valence-corrected chi connectivity index (χ0v) is 12.9. The number of aliphatic carboxylic acids is 1. The fraction of sp³-hybridized carbons (Fsp3) is 0.200. The van der Waals surface area contributed by atoms with E-state index in [2.05, 4.69) is 0 Å². The molecule has 2 atom stereocenters. The Morgan fingerprint density at radius 2 is 2.00 bits per heavy atom. The van der Waals surface area contributed by atoms with Gasteiger partial charge in [-0.05, 0) is 29.8 Å². The van der Waals surface area contributed by atoms with Crippen molar-refractivity contribution in [2.45, 2.75) is 11.4 Å². The zero-order chi connectivity index (χ0) is 15.7. The lowest BCUT2D eigenvalue weighted by Gasteiger charge is -2.26. The van der Waals surface area contributed by atoms with E-state index in [1.807, 2.05) is 0 Å². The van der Waals surface area contributed by atoms with Crippen molar-refractivity contribution in [2.24, 2.45) is 0 Å². The highest BCUT2D eigenvalue weighted by Gasteiger charge is 2.43. The van der Waals surface area contributed by atoms with Gasteiger partial charge in [0.05, 0.1) is 6.26 Å². The summed E-state index contributed by atoms with van der Waals surface area (Å²) in [7, 11) is 0. The SMILES string of the molecule is O=C(O)C1CSC(c2ccc(Cl)cc2)N1C(=O)c1ccco1. The smallest absolute Gasteiger partial charge is 0.327 e. The summed E-state index contributed by atoms with van der Waals surface area (Å²) in [5.41, 5.74) is 0.832. The van der Waals surface area contributed by atoms with Crippen LogP contribution in [0.5, 0.6) is 0 Å². The fourth-order valence-electron chi connectivity index (χ4n) is 2.36. The molecular weight excluding hydrogens is 326 g/mol. The van der Waals surface area contributed by atoms with Gasteiger partial charge in [0.25, 0.3) is 5.91 Å². The first-order valence-electron chi connectivity index (χ1n) is 6.54. The van der Waals surface area contributed by atoms with E-state index < -0.39 is 17.9 Å². The Kier molecular flexibility index (Phi) is 4.13. The molecule has 2 unspecified atom stereocenters. The summed E-state index contributed by atoms with van der Waals surface area (Å²) in [6.07, 6.45) is 1.39. The van der Waals surface area contributed by atoms with Crippen molar-refractivity contribution < 1.29 is 19.1 Å². The van der Waals surface area contributed by atoms with Crippen LogP contribution in [-0.4, -0.2) is 33.7 Å². The molecule has 2 heterocycles. The number of carbonyl (C=O) groups is 2. The molecule has 0 saturated carbocycles. The number of carbonyl (C=O) groups excluding carboxylic acids is 1. The predicted octanol–water partition coefficient (Wildman–Crippen LogP) is 3.27. The summed E-state index contributed by atoms with van der Waals surface area (Å²) in [5.74, 6) is -0.992. The topological polar surface area (TPSA) is 70.8 Å². The van der Waals surface area contributed by atoms with Crippen molar-refractivity contribution in [1.29, 1.82) is 0 Å². The zero-order valence-electron chi connectivity index (χ0n) is 11.3. The molecule has 1 fully saturated rings. The Hall–Kier alpha value is -1.92. The highest BCUT2D eigenvalue weighted by Crippen LogP contribution is 2.42. The number of thioether (sulfide) groups is 1. The molecular formula is C15H12ClNO4S. The molecule has 22 heavy (non-hydrogen) atoms. The maximum absolute atomic E-state index is 12.6. The minimum atomic E-state index is -1.02. The van der Waals surface area contributed by atoms with Crippen LogP contribution in [0.15, 0.2) is 47.1 Å². The number of nitrogens with zero attached hydrogens (tertiary/aromatic N) is 1. The first kappa shape index (κ1) is 15.0. The standard InChI is InChI=1S/C15H12ClNO4S/c16-10-5-3-9(4-6-10)14-17(11(8-22-14)15(19)20)13(18)12-2-1-7-21-12/h1-7,11,14H,8H2,(H,19,20). The average molecular weight is 338 g/mol. The molecule has 1 aromatic carbocycles. The lowest BCUT2D eigenvalue weighted by molar-refractivity contribution is -0.141. The molecule has 0 bridgehead atoms. The summed E-state index contributed by atoms with van der Waals surface area (Å²) in [4.78, 5) is 25.4. The van der Waals surface area contributed by atoms with Gasteiger partial charge in [0.1, 0.15) is 11.4 Å². The number of rotatable bonds is 3. The second-order valence-corrected chi connectivity index (χ2v) is 6.33. The summed E-state index contributed by atoms with van der Waals surface area (Å²) < 4.78 is 5.12. The van der Waals surface area contributed by atoms with E-state index in [9.17, 15) is 14.7 Å². The number of hydrogen-bond donors (Lipinski definition) is 1. The fourth-order valence-corrected chi connectivity index (χ4v) is 3.90. The number of carboxylic acids is 1. The molecule has 0 aliphatic carbocycles. The Labute approximate surface area is 135 Å². The summed E-state index contributed by atoms with van der Waals surface area (Å²) in [5, 5.41) is 9.59. The monoisotopic (exact) mass is 337 g/mol. The molecule has 5 nitrogen and oxygen atoms in total. The largest absolute Gasteiger partial charge is 0.480 e. The highest BCUT2D eigenvalue weighted by atomic mass is 35.5. The summed E-state index contributed by atoms with van der Waals surface area (Å²) >= 11 is 7.29. The van der Waals surface area contributed by atoms with E-state index in [0.29, 0.717) is 10.8 Å². The van der Waals surface area contributed by atoms with Crippen LogP contribution in [0, 0.1) is 0 Å². The second kappa shape index (κ2) is 6.06. The van der Waals surface area contributed by atoms with Crippen LogP contribution in [0.2, 0.25) is 5.02 Å². The van der Waals surface area contributed by atoms with Gasteiger partial charge in [-0.25, -0.2) is 4.79 Å². The van der Waals surface area contributed by atoms with E-state index in [0.717, 1.165) is 5.56 Å². The average Bonchev–Trinajstić information content (AvgIpc) is 3.17. The van der Waals surface area contributed by atoms with Crippen LogP contribution in [-0.2, 0) is 4.79 Å². The van der Waals surface area contributed by atoms with Crippen LogP contribution in [0.3, 0.4) is 0 Å². The van der Waals surface area contributed by atoms with Crippen LogP contribution in [0.1, 0.15) is 21.5 Å². The van der Waals surface area contributed by atoms with Crippen molar-refractivity contribution in [1.82, 2.24) is 4.90 Å². The number of halogens is 1. The van der Waals surface area contributed by atoms with Gasteiger partial charge in [-0.2, -0.15) is 0 Å². The number of benzene rings is 1. The highest BCUT2D eigenvalue weighted by molar-refractivity contribution is 7.99. The minimum absolute atomic E-state index is 0.132. The number of furan rings is 1. The van der Waals surface area contributed by atoms with E-state index >= 15 is 0 Å². The van der Waals surface area contributed by atoms with Crippen LogP contribution < -0.4 is 0 Å². The van der Waals surface area contributed by atoms with Gasteiger partial charge >= 0.3 is 5.97 Å². The van der Waals surface area contributed by atoms with Crippen molar-refractivity contribution in [3.63, 3.8) is 0 Å². The normalized spacial score (nSPS) is 21.0. The van der Waals surface area contributed by atoms with Crippen LogP contribution in [0.4, 0.5) is 0 Å². The van der Waals surface area contributed by atoms with Gasteiger partial charge in [-0.15, -0.1) is 11.8 Å². The first-order valence-corrected chi connectivity index (χ1v) is 7.96. The van der Waals surface area contributed by atoms with E-state index in [1.54, 1.807) is 30.3 Å². The lowest BCUT2D eigenvalue weighted by atomic mass is 10.1. The van der Waals surface area contributed by atoms with Crippen molar-refractivity contribution in [3.8, 4) is 0 Å². The number of carboxylic acid groups (broad SMARTS) is 1. The third-order valence-electron chi connectivity index (χ3n) is 3.41. The Morgan fingerprint density at radius 3 is 2.59 bits per heavy atom. The maximum atomic E-state index is 12.6. The number of hydrogen-bond acceptors (Lipinski definition) is 4. The quantitative estimate of drug-likeness (QED) is 0.930. The summed E-state index contributed by atoms with van der Waals surface area (Å²) in [6, 6.07) is 9.29. The molecule has 7 heteroatoms. The number of amides is 1. The Bertz CT molecular complexity index is 686. The predicted molar refractivity (Wildman–Crippen MR) is 83.0 cm³/mol. The van der Waals surface area contributed by atoms with Crippen molar-refractivity contribution >= 4 is 35.2 Å². The van der Waals surface area contributed by atoms with Crippen molar-refractivity contribution in [3.05, 3.63) is 59.0 Å². The molecule has 1 saturated heterocycles. The van der Waals surface area contributed by atoms with E-state index in [-0.39, 0.29) is 11.1 Å². The molecule has 2 aromatic rings. The minimum Gasteiger partial charge on any atom is -0.480 e. The van der Waals surface area contributed by atoms with Gasteiger partial charge in [0, 0.05) is 10.8 Å². The second-order valence-electron chi connectivity index (χ2n) is 4.78. The molecule has 114 valence electrons. The van der Waals surface area contributed by atoms with E-state index in [4.69, 9.17) is 16.0 Å². The first-order chi connectivity index (χ1) is 10.6. The van der Waals surface area contributed by atoms with Crippen molar-refractivity contribution in [2.75, 3.05) is 5.75 Å². The molecule has 1 aromatic heterocycles. The van der Waals surface area contributed by atoms with Crippen LogP contribution >= 0.6 is 23.4 Å². The molecule has 3 rings (SSSR count). The van der Waals surface area contributed by atoms with Gasteiger partial charge in [0.2, 0.25) is 0 Å². The molecule has 1 aliphatic rings. The lowest BCUT2D eigenvalue weighted by Crippen LogP contribution is -2.42. The maximum Gasteiger partial charge on any atom is 0.327 e. The molecule has 1 amide bonds. The third kappa shape index (κ3) is 2.71. The van der Waals surface area contributed by atoms with E-state index in [1.165, 1.54) is 29.0 Å². The molecule has 0 radical (unpaired) electrons.